The van der Waals surface area contributed by atoms with Crippen molar-refractivity contribution in [2.24, 2.45) is 5.14 Å². The highest BCUT2D eigenvalue weighted by Gasteiger charge is 2.12. The number of ether oxygens (including phenoxy) is 2. The Kier molecular flexibility index (Phi) is 7.27. The smallest absolute Gasteiger partial charge is 0.238 e. The van der Waals surface area contributed by atoms with Crippen LogP contribution in [-0.4, -0.2) is 34.5 Å². The first kappa shape index (κ1) is 18.1. The lowest BCUT2D eigenvalue weighted by atomic mass is 10.1. The Labute approximate surface area is 126 Å². The van der Waals surface area contributed by atoms with Gasteiger partial charge in [0.15, 0.2) is 6.29 Å². The maximum Gasteiger partial charge on any atom is 0.238 e. The molecule has 0 saturated heterocycles. The second kappa shape index (κ2) is 8.45. The van der Waals surface area contributed by atoms with Crippen LogP contribution in [0.3, 0.4) is 0 Å². The third-order valence-corrected chi connectivity index (χ3v) is 3.93. The van der Waals surface area contributed by atoms with Gasteiger partial charge in [0, 0.05) is 25.8 Å². The van der Waals surface area contributed by atoms with Gasteiger partial charge in [-0.15, -0.1) is 0 Å². The zero-order chi connectivity index (χ0) is 15.9. The average molecular weight is 316 g/mol. The van der Waals surface area contributed by atoms with Gasteiger partial charge in [0.1, 0.15) is 0 Å². The van der Waals surface area contributed by atoms with Crippen LogP contribution in [-0.2, 0) is 19.5 Å². The highest BCUT2D eigenvalue weighted by molar-refractivity contribution is 7.89. The summed E-state index contributed by atoms with van der Waals surface area (Å²) in [6, 6.07) is 6.54. The van der Waals surface area contributed by atoms with Crippen LogP contribution >= 0.6 is 0 Å². The molecule has 1 atom stereocenters. The van der Waals surface area contributed by atoms with E-state index in [-0.39, 0.29) is 17.2 Å². The first-order valence-corrected chi connectivity index (χ1v) is 8.52. The number of nitrogens with two attached hydrogens (primary N) is 1. The van der Waals surface area contributed by atoms with Gasteiger partial charge in [-0.3, -0.25) is 0 Å². The van der Waals surface area contributed by atoms with E-state index in [1.807, 2.05) is 20.8 Å². The summed E-state index contributed by atoms with van der Waals surface area (Å²) in [5.41, 5.74) is 0.967. The van der Waals surface area contributed by atoms with E-state index in [1.165, 1.54) is 12.1 Å². The van der Waals surface area contributed by atoms with Crippen LogP contribution < -0.4 is 10.5 Å². The molecule has 7 heteroatoms. The fraction of sp³-hybridized carbons (Fsp3) is 0.571. The molecular formula is C14H24N2O4S. The van der Waals surface area contributed by atoms with E-state index in [1.54, 1.807) is 12.1 Å². The van der Waals surface area contributed by atoms with Crippen LogP contribution in [0, 0.1) is 0 Å². The lowest BCUT2D eigenvalue weighted by Gasteiger charge is -2.21. The molecule has 1 aromatic carbocycles. The summed E-state index contributed by atoms with van der Waals surface area (Å²) >= 11 is 0. The molecular weight excluding hydrogens is 292 g/mol. The summed E-state index contributed by atoms with van der Waals surface area (Å²) in [5.74, 6) is 0. The molecule has 6 nitrogen and oxygen atoms in total. The fourth-order valence-corrected chi connectivity index (χ4v) is 2.39. The number of primary sulfonamides is 1. The SMILES string of the molecule is CCOC(CNC(C)c1ccc(S(N)(=O)=O)cc1)OCC. The molecule has 120 valence electrons. The van der Waals surface area contributed by atoms with Crippen molar-refractivity contribution in [2.45, 2.75) is 38.0 Å². The van der Waals surface area contributed by atoms with Crippen molar-refractivity contribution in [3.8, 4) is 0 Å². The molecule has 0 heterocycles. The van der Waals surface area contributed by atoms with E-state index in [9.17, 15) is 8.42 Å². The number of hydrogen-bond donors (Lipinski definition) is 2. The zero-order valence-electron chi connectivity index (χ0n) is 12.7. The standard InChI is InChI=1S/C14H24N2O4S/c1-4-19-14(20-5-2)10-16-11(3)12-6-8-13(9-7-12)21(15,17)18/h6-9,11,14,16H,4-5,10H2,1-3H3,(H2,15,17,18). The first-order valence-electron chi connectivity index (χ1n) is 6.97. The molecule has 1 rings (SSSR count). The molecule has 0 amide bonds. The largest absolute Gasteiger partial charge is 0.352 e. The highest BCUT2D eigenvalue weighted by Crippen LogP contribution is 2.15. The Morgan fingerprint density at radius 2 is 1.67 bits per heavy atom. The van der Waals surface area contributed by atoms with Crippen LogP contribution in [0.15, 0.2) is 29.2 Å². The van der Waals surface area contributed by atoms with E-state index in [2.05, 4.69) is 5.32 Å². The van der Waals surface area contributed by atoms with E-state index < -0.39 is 10.0 Å². The molecule has 0 fully saturated rings. The summed E-state index contributed by atoms with van der Waals surface area (Å²) < 4.78 is 33.3. The molecule has 0 radical (unpaired) electrons. The lowest BCUT2D eigenvalue weighted by molar-refractivity contribution is -0.133. The monoisotopic (exact) mass is 316 g/mol. The average Bonchev–Trinajstić information content (AvgIpc) is 2.44. The van der Waals surface area contributed by atoms with Gasteiger partial charge in [0.2, 0.25) is 10.0 Å². The van der Waals surface area contributed by atoms with Crippen molar-refractivity contribution in [3.05, 3.63) is 29.8 Å². The van der Waals surface area contributed by atoms with Gasteiger partial charge in [0.05, 0.1) is 4.90 Å². The second-order valence-electron chi connectivity index (χ2n) is 4.58. The number of rotatable bonds is 9. The minimum atomic E-state index is -3.65. The molecule has 0 aromatic heterocycles. The summed E-state index contributed by atoms with van der Waals surface area (Å²) in [4.78, 5) is 0.111. The van der Waals surface area contributed by atoms with Crippen molar-refractivity contribution in [1.29, 1.82) is 0 Å². The van der Waals surface area contributed by atoms with Crippen LogP contribution in [0.2, 0.25) is 0 Å². The van der Waals surface area contributed by atoms with Gasteiger partial charge in [-0.25, -0.2) is 13.6 Å². The topological polar surface area (TPSA) is 90.6 Å². The normalized spacial score (nSPS) is 13.6. The quantitative estimate of drug-likeness (QED) is 0.672. The predicted molar refractivity (Wildman–Crippen MR) is 81.3 cm³/mol. The van der Waals surface area contributed by atoms with Gasteiger partial charge in [-0.1, -0.05) is 12.1 Å². The van der Waals surface area contributed by atoms with Crippen molar-refractivity contribution >= 4 is 10.0 Å². The molecule has 1 aromatic rings. The maximum absolute atomic E-state index is 11.2. The fourth-order valence-electron chi connectivity index (χ4n) is 1.87. The van der Waals surface area contributed by atoms with Gasteiger partial charge in [-0.05, 0) is 38.5 Å². The predicted octanol–water partition coefficient (Wildman–Crippen LogP) is 1.38. The molecule has 1 unspecified atom stereocenters. The van der Waals surface area contributed by atoms with Crippen molar-refractivity contribution in [3.63, 3.8) is 0 Å². The molecule has 0 saturated carbocycles. The lowest BCUT2D eigenvalue weighted by Crippen LogP contribution is -2.33. The second-order valence-corrected chi connectivity index (χ2v) is 6.15. The van der Waals surface area contributed by atoms with E-state index in [4.69, 9.17) is 14.6 Å². The zero-order valence-corrected chi connectivity index (χ0v) is 13.5. The highest BCUT2D eigenvalue weighted by atomic mass is 32.2. The molecule has 21 heavy (non-hydrogen) atoms. The summed E-state index contributed by atoms with van der Waals surface area (Å²) in [6.45, 7) is 7.55. The molecule has 0 bridgehead atoms. The molecule has 0 aliphatic carbocycles. The van der Waals surface area contributed by atoms with Crippen LogP contribution in [0.1, 0.15) is 32.4 Å². The van der Waals surface area contributed by atoms with Crippen LogP contribution in [0.5, 0.6) is 0 Å². The van der Waals surface area contributed by atoms with E-state index in [0.29, 0.717) is 19.8 Å². The maximum atomic E-state index is 11.2. The minimum Gasteiger partial charge on any atom is -0.352 e. The van der Waals surface area contributed by atoms with Crippen molar-refractivity contribution in [1.82, 2.24) is 5.32 Å². The Morgan fingerprint density at radius 1 is 1.14 bits per heavy atom. The molecule has 0 spiro atoms. The third-order valence-electron chi connectivity index (χ3n) is 3.00. The third kappa shape index (κ3) is 6.11. The number of benzene rings is 1. The van der Waals surface area contributed by atoms with Gasteiger partial charge < -0.3 is 14.8 Å². The van der Waals surface area contributed by atoms with E-state index in [0.717, 1.165) is 5.56 Å². The molecule has 0 aliphatic heterocycles. The Balaban J connectivity index is 2.60. The molecule has 3 N–H and O–H groups in total. The van der Waals surface area contributed by atoms with Crippen molar-refractivity contribution < 1.29 is 17.9 Å². The Bertz CT molecular complexity index is 510. The number of sulfonamides is 1. The number of nitrogens with one attached hydrogen (secondary N) is 1. The van der Waals surface area contributed by atoms with Gasteiger partial charge in [0.25, 0.3) is 0 Å². The summed E-state index contributed by atoms with van der Waals surface area (Å²) in [6.07, 6.45) is -0.286. The Morgan fingerprint density at radius 3 is 2.10 bits per heavy atom. The molecule has 0 aliphatic rings. The van der Waals surface area contributed by atoms with Gasteiger partial charge in [-0.2, -0.15) is 0 Å². The first-order chi connectivity index (χ1) is 9.88. The Hall–Kier alpha value is -0.990. The number of hydrogen-bond acceptors (Lipinski definition) is 5. The minimum absolute atomic E-state index is 0.0444. The summed E-state index contributed by atoms with van der Waals surface area (Å²) in [7, 11) is -3.65. The summed E-state index contributed by atoms with van der Waals surface area (Å²) in [5, 5.41) is 8.37. The van der Waals surface area contributed by atoms with Gasteiger partial charge >= 0.3 is 0 Å². The van der Waals surface area contributed by atoms with E-state index >= 15 is 0 Å². The van der Waals surface area contributed by atoms with Crippen LogP contribution in [0.4, 0.5) is 0 Å². The van der Waals surface area contributed by atoms with Crippen LogP contribution in [0.25, 0.3) is 0 Å². The van der Waals surface area contributed by atoms with Crippen molar-refractivity contribution in [2.75, 3.05) is 19.8 Å².